The molecule has 8 heteroatoms. The molecule has 140 valence electrons. The number of hydrogen-bond acceptors (Lipinski definition) is 6. The predicted molar refractivity (Wildman–Crippen MR) is 101 cm³/mol. The molecule has 2 aromatic carbocycles. The number of benzene rings is 2. The number of anilines is 1. The van der Waals surface area contributed by atoms with Gasteiger partial charge in [-0.2, -0.15) is 0 Å². The van der Waals surface area contributed by atoms with Crippen LogP contribution in [-0.2, 0) is 5.54 Å². The van der Waals surface area contributed by atoms with Crippen LogP contribution in [0.4, 0.5) is 10.2 Å². The second-order valence-electron chi connectivity index (χ2n) is 6.50. The zero-order valence-corrected chi connectivity index (χ0v) is 15.0. The summed E-state index contributed by atoms with van der Waals surface area (Å²) in [6.07, 6.45) is 1.31. The Labute approximate surface area is 155 Å². The van der Waals surface area contributed by atoms with Gasteiger partial charge in [-0.25, -0.2) is 14.4 Å². The molecule has 1 heterocycles. The third-order valence-corrected chi connectivity index (χ3v) is 4.87. The maximum absolute atomic E-state index is 13.8. The first-order chi connectivity index (χ1) is 12.8. The van der Waals surface area contributed by atoms with Crippen LogP contribution in [0.3, 0.4) is 0 Å². The second-order valence-corrected chi connectivity index (χ2v) is 6.50. The average molecular weight is 369 g/mol. The molecule has 0 bridgehead atoms. The van der Waals surface area contributed by atoms with Crippen molar-refractivity contribution in [3.8, 4) is 5.75 Å². The first-order valence-corrected chi connectivity index (χ1v) is 8.25. The lowest BCUT2D eigenvalue weighted by Gasteiger charge is -2.39. The van der Waals surface area contributed by atoms with Crippen LogP contribution in [0.5, 0.6) is 5.75 Å². The van der Waals surface area contributed by atoms with Crippen molar-refractivity contribution in [1.29, 1.82) is 0 Å². The zero-order chi connectivity index (χ0) is 19.8. The first kappa shape index (κ1) is 18.5. The van der Waals surface area contributed by atoms with Gasteiger partial charge in [0, 0.05) is 19.0 Å². The molecular formula is C19H20FN5O2. The molecular weight excluding hydrogens is 349 g/mol. The summed E-state index contributed by atoms with van der Waals surface area (Å²) in [5.74, 6) is -0.798. The number of aromatic nitrogens is 2. The van der Waals surface area contributed by atoms with E-state index in [1.54, 1.807) is 24.1 Å². The number of rotatable bonds is 5. The third-order valence-electron chi connectivity index (χ3n) is 4.87. The maximum Gasteiger partial charge on any atom is 0.251 e. The Hall–Kier alpha value is -3.26. The molecule has 0 fully saturated rings. The minimum Gasteiger partial charge on any atom is -0.508 e. The number of hydrogen-bond donors (Lipinski definition) is 3. The number of carbonyl (C=O) groups is 1. The Morgan fingerprint density at radius 3 is 2.67 bits per heavy atom. The molecule has 0 saturated carbocycles. The van der Waals surface area contributed by atoms with Gasteiger partial charge in [-0.15, -0.1) is 0 Å². The van der Waals surface area contributed by atoms with E-state index >= 15 is 0 Å². The fourth-order valence-corrected chi connectivity index (χ4v) is 3.10. The van der Waals surface area contributed by atoms with Crippen LogP contribution in [-0.4, -0.2) is 34.6 Å². The number of nitrogens with zero attached hydrogens (tertiary/aromatic N) is 3. The quantitative estimate of drug-likeness (QED) is 0.632. The van der Waals surface area contributed by atoms with Crippen LogP contribution in [0, 0.1) is 5.82 Å². The van der Waals surface area contributed by atoms with Crippen molar-refractivity contribution >= 4 is 22.6 Å². The molecule has 27 heavy (non-hydrogen) atoms. The van der Waals surface area contributed by atoms with Crippen LogP contribution < -0.4 is 16.4 Å². The highest BCUT2D eigenvalue weighted by molar-refractivity contribution is 6.07. The molecule has 0 aliphatic heterocycles. The number of halogens is 1. The Kier molecular flexibility index (Phi) is 4.67. The van der Waals surface area contributed by atoms with Crippen molar-refractivity contribution in [2.75, 3.05) is 18.5 Å². The van der Waals surface area contributed by atoms with Crippen LogP contribution in [0.1, 0.15) is 22.8 Å². The van der Waals surface area contributed by atoms with E-state index in [-0.39, 0.29) is 23.7 Å². The smallest absolute Gasteiger partial charge is 0.251 e. The lowest BCUT2D eigenvalue weighted by atomic mass is 9.90. The Morgan fingerprint density at radius 2 is 2.04 bits per heavy atom. The molecule has 1 unspecified atom stereocenters. The van der Waals surface area contributed by atoms with Crippen LogP contribution >= 0.6 is 0 Å². The minimum absolute atomic E-state index is 0.0854. The molecule has 1 atom stereocenters. The molecule has 5 N–H and O–H groups in total. The summed E-state index contributed by atoms with van der Waals surface area (Å²) in [4.78, 5) is 22.0. The molecule has 3 rings (SSSR count). The van der Waals surface area contributed by atoms with Gasteiger partial charge in [-0.3, -0.25) is 4.79 Å². The van der Waals surface area contributed by atoms with Gasteiger partial charge in [-0.05, 0) is 36.8 Å². The van der Waals surface area contributed by atoms with Gasteiger partial charge in [-0.1, -0.05) is 12.1 Å². The highest BCUT2D eigenvalue weighted by Crippen LogP contribution is 2.35. The van der Waals surface area contributed by atoms with Gasteiger partial charge in [0.05, 0.1) is 16.6 Å². The maximum atomic E-state index is 13.8. The molecule has 0 aliphatic rings. The molecule has 7 nitrogen and oxygen atoms in total. The Morgan fingerprint density at radius 1 is 1.30 bits per heavy atom. The molecule has 0 saturated heterocycles. The average Bonchev–Trinajstić information content (AvgIpc) is 2.65. The number of carbonyl (C=O) groups excluding carboxylic acids is 1. The van der Waals surface area contributed by atoms with E-state index in [9.17, 15) is 14.3 Å². The van der Waals surface area contributed by atoms with Crippen LogP contribution in [0.15, 0.2) is 42.7 Å². The zero-order valence-electron chi connectivity index (χ0n) is 15.0. The number of nitrogens with two attached hydrogens (primary N) is 2. The lowest BCUT2D eigenvalue weighted by molar-refractivity contribution is 0.100. The van der Waals surface area contributed by atoms with Gasteiger partial charge < -0.3 is 21.5 Å². The number of phenols is 1. The van der Waals surface area contributed by atoms with Crippen molar-refractivity contribution in [3.63, 3.8) is 0 Å². The number of likely N-dealkylation sites (N-methyl/N-ethyl adjacent to an activating group) is 1. The third kappa shape index (κ3) is 3.15. The highest BCUT2D eigenvalue weighted by Gasteiger charge is 2.32. The number of primary amides is 1. The van der Waals surface area contributed by atoms with Gasteiger partial charge in [0.25, 0.3) is 5.91 Å². The van der Waals surface area contributed by atoms with Gasteiger partial charge in [0.2, 0.25) is 0 Å². The van der Waals surface area contributed by atoms with E-state index in [2.05, 4.69) is 9.97 Å². The van der Waals surface area contributed by atoms with Crippen LogP contribution in [0.2, 0.25) is 0 Å². The second kappa shape index (κ2) is 6.81. The molecule has 1 amide bonds. The molecule has 0 aliphatic carbocycles. The van der Waals surface area contributed by atoms with Crippen molar-refractivity contribution in [2.45, 2.75) is 12.5 Å². The Balaban J connectivity index is 2.23. The highest BCUT2D eigenvalue weighted by atomic mass is 19.1. The van der Waals surface area contributed by atoms with Crippen molar-refractivity contribution in [3.05, 3.63) is 59.7 Å². The molecule has 0 spiro atoms. The normalized spacial score (nSPS) is 13.3. The monoisotopic (exact) mass is 369 g/mol. The van der Waals surface area contributed by atoms with E-state index in [1.807, 2.05) is 6.92 Å². The topological polar surface area (TPSA) is 118 Å². The summed E-state index contributed by atoms with van der Waals surface area (Å²) in [6.45, 7) is 2.02. The van der Waals surface area contributed by atoms with Crippen molar-refractivity contribution in [1.82, 2.24) is 9.97 Å². The number of aromatic hydroxyl groups is 1. The van der Waals surface area contributed by atoms with Gasteiger partial charge in [0.15, 0.2) is 0 Å². The Bertz CT molecular complexity index is 1030. The SMILES string of the molecule is CN(c1ncnc2c(C(N)=O)cc(O)cc12)C(C)(CN)c1cccc(F)c1. The lowest BCUT2D eigenvalue weighted by Crippen LogP contribution is -2.47. The fraction of sp³-hybridized carbons (Fsp3) is 0.211. The van der Waals surface area contributed by atoms with Gasteiger partial charge in [0.1, 0.15) is 23.7 Å². The van der Waals surface area contributed by atoms with E-state index < -0.39 is 11.4 Å². The fourth-order valence-electron chi connectivity index (χ4n) is 3.10. The summed E-state index contributed by atoms with van der Waals surface area (Å²) >= 11 is 0. The standard InChI is InChI=1S/C19H20FN5O2/c1-19(9-21,11-4-3-5-12(20)6-11)25(2)18-15-8-13(26)7-14(17(22)27)16(15)23-10-24-18/h3-8,10,26H,9,21H2,1-2H3,(H2,22,27). The number of phenolic OH excluding ortho intramolecular Hbond substituents is 1. The van der Waals surface area contributed by atoms with E-state index in [0.717, 1.165) is 0 Å². The summed E-state index contributed by atoms with van der Waals surface area (Å²) in [7, 11) is 1.76. The summed E-state index contributed by atoms with van der Waals surface area (Å²) in [6, 6.07) is 8.88. The molecule has 0 radical (unpaired) electrons. The number of amides is 1. The van der Waals surface area contributed by atoms with E-state index in [1.165, 1.54) is 30.6 Å². The van der Waals surface area contributed by atoms with Crippen LogP contribution in [0.25, 0.3) is 10.9 Å². The first-order valence-electron chi connectivity index (χ1n) is 8.25. The molecule has 3 aromatic rings. The molecule has 1 aromatic heterocycles. The summed E-state index contributed by atoms with van der Waals surface area (Å²) in [5.41, 5.74) is 11.7. The van der Waals surface area contributed by atoms with Gasteiger partial charge >= 0.3 is 0 Å². The van der Waals surface area contributed by atoms with E-state index in [0.29, 0.717) is 22.3 Å². The minimum atomic E-state index is -0.804. The van der Waals surface area contributed by atoms with Crippen molar-refractivity contribution in [2.24, 2.45) is 11.5 Å². The van der Waals surface area contributed by atoms with Crippen molar-refractivity contribution < 1.29 is 14.3 Å². The summed E-state index contributed by atoms with van der Waals surface area (Å²) < 4.78 is 13.8. The van der Waals surface area contributed by atoms with E-state index in [4.69, 9.17) is 11.5 Å². The number of fused-ring (bicyclic) bond motifs is 1. The predicted octanol–water partition coefficient (Wildman–Crippen LogP) is 1.88. The largest absolute Gasteiger partial charge is 0.508 e. The summed E-state index contributed by atoms with van der Waals surface area (Å²) in [5, 5.41) is 10.5.